The second-order valence-corrected chi connectivity index (χ2v) is 4.98. The lowest BCUT2D eigenvalue weighted by molar-refractivity contribution is -0.121. The Kier molecular flexibility index (Phi) is 4.08. The number of para-hydroxylation sites is 1. The van der Waals surface area contributed by atoms with Crippen molar-refractivity contribution < 1.29 is 9.21 Å². The lowest BCUT2D eigenvalue weighted by Crippen LogP contribution is -2.23. The molecule has 8 nitrogen and oxygen atoms in total. The zero-order valence-electron chi connectivity index (χ0n) is 12.2. The van der Waals surface area contributed by atoms with Gasteiger partial charge in [-0.05, 0) is 35.4 Å². The normalized spacial score (nSPS) is 11.0. The Morgan fingerprint density at radius 1 is 1.41 bits per heavy atom. The summed E-state index contributed by atoms with van der Waals surface area (Å²) in [7, 11) is 0. The summed E-state index contributed by atoms with van der Waals surface area (Å²) in [5, 5.41) is 13.6. The van der Waals surface area contributed by atoms with Crippen molar-refractivity contribution in [3.63, 3.8) is 0 Å². The number of hydrogen-bond donors (Lipinski definition) is 1. The first-order valence-electron chi connectivity index (χ1n) is 7.05. The SMILES string of the molecule is Cc1cccc2oc(CNC(=O)CCCn3cnnn3)nc12. The van der Waals surface area contributed by atoms with Gasteiger partial charge in [0.15, 0.2) is 5.58 Å². The molecule has 2 heterocycles. The molecule has 0 unspecified atom stereocenters. The number of carbonyl (C=O) groups excluding carboxylic acids is 1. The molecule has 0 saturated heterocycles. The minimum Gasteiger partial charge on any atom is -0.439 e. The van der Waals surface area contributed by atoms with Crippen molar-refractivity contribution in [2.75, 3.05) is 0 Å². The zero-order valence-corrected chi connectivity index (χ0v) is 12.2. The molecule has 0 fully saturated rings. The van der Waals surface area contributed by atoms with Crippen LogP contribution in [0.3, 0.4) is 0 Å². The molecule has 8 heteroatoms. The number of fused-ring (bicyclic) bond motifs is 1. The molecule has 0 aliphatic rings. The van der Waals surface area contributed by atoms with Crippen molar-refractivity contribution in [3.05, 3.63) is 36.0 Å². The highest BCUT2D eigenvalue weighted by Gasteiger charge is 2.09. The number of aromatic nitrogens is 5. The van der Waals surface area contributed by atoms with Gasteiger partial charge < -0.3 is 9.73 Å². The van der Waals surface area contributed by atoms with E-state index in [1.807, 2.05) is 25.1 Å². The molecule has 22 heavy (non-hydrogen) atoms. The van der Waals surface area contributed by atoms with Crippen LogP contribution in [-0.4, -0.2) is 31.1 Å². The number of nitrogens with zero attached hydrogens (tertiary/aromatic N) is 5. The largest absolute Gasteiger partial charge is 0.439 e. The van der Waals surface area contributed by atoms with Crippen LogP contribution in [0.2, 0.25) is 0 Å². The van der Waals surface area contributed by atoms with Gasteiger partial charge in [0.1, 0.15) is 11.8 Å². The molecule has 0 aliphatic heterocycles. The maximum atomic E-state index is 11.8. The Bertz CT molecular complexity index is 765. The number of carbonyl (C=O) groups is 1. The smallest absolute Gasteiger partial charge is 0.220 e. The number of aryl methyl sites for hydroxylation is 2. The summed E-state index contributed by atoms with van der Waals surface area (Å²) in [6.07, 6.45) is 2.60. The first-order chi connectivity index (χ1) is 10.7. The monoisotopic (exact) mass is 300 g/mol. The molecule has 0 atom stereocenters. The fraction of sp³-hybridized carbons (Fsp3) is 0.357. The number of oxazole rings is 1. The quantitative estimate of drug-likeness (QED) is 0.735. The molecule has 3 rings (SSSR count). The van der Waals surface area contributed by atoms with E-state index in [-0.39, 0.29) is 12.5 Å². The number of benzene rings is 1. The van der Waals surface area contributed by atoms with Crippen molar-refractivity contribution in [3.8, 4) is 0 Å². The highest BCUT2D eigenvalue weighted by Crippen LogP contribution is 2.18. The molecule has 0 saturated carbocycles. The molecule has 1 N–H and O–H groups in total. The summed E-state index contributed by atoms with van der Waals surface area (Å²) < 4.78 is 7.20. The lowest BCUT2D eigenvalue weighted by atomic mass is 10.2. The van der Waals surface area contributed by atoms with Gasteiger partial charge in [0.25, 0.3) is 0 Å². The van der Waals surface area contributed by atoms with E-state index >= 15 is 0 Å². The van der Waals surface area contributed by atoms with Crippen LogP contribution >= 0.6 is 0 Å². The Balaban J connectivity index is 1.48. The van der Waals surface area contributed by atoms with Crippen LogP contribution in [0.25, 0.3) is 11.1 Å². The third-order valence-electron chi connectivity index (χ3n) is 3.28. The van der Waals surface area contributed by atoms with Crippen molar-refractivity contribution >= 4 is 17.0 Å². The number of rotatable bonds is 6. The summed E-state index contributed by atoms with van der Waals surface area (Å²) in [5.41, 5.74) is 2.63. The molecular weight excluding hydrogens is 284 g/mol. The Morgan fingerprint density at radius 2 is 2.32 bits per heavy atom. The van der Waals surface area contributed by atoms with Crippen molar-refractivity contribution in [1.82, 2.24) is 30.5 Å². The van der Waals surface area contributed by atoms with Gasteiger partial charge in [-0.1, -0.05) is 12.1 Å². The fourth-order valence-electron chi connectivity index (χ4n) is 2.15. The molecule has 0 bridgehead atoms. The van der Waals surface area contributed by atoms with Gasteiger partial charge in [-0.15, -0.1) is 5.10 Å². The van der Waals surface area contributed by atoms with E-state index in [4.69, 9.17) is 4.42 Å². The summed E-state index contributed by atoms with van der Waals surface area (Å²) in [6.45, 7) is 2.88. The number of tetrazole rings is 1. The average molecular weight is 300 g/mol. The zero-order chi connectivity index (χ0) is 15.4. The molecular formula is C14H16N6O2. The van der Waals surface area contributed by atoms with E-state index in [9.17, 15) is 4.79 Å². The van der Waals surface area contributed by atoms with E-state index in [1.54, 1.807) is 4.68 Å². The molecule has 3 aromatic rings. The van der Waals surface area contributed by atoms with Gasteiger partial charge in [-0.2, -0.15) is 0 Å². The molecule has 114 valence electrons. The predicted octanol–water partition coefficient (Wildman–Crippen LogP) is 1.22. The highest BCUT2D eigenvalue weighted by atomic mass is 16.3. The summed E-state index contributed by atoms with van der Waals surface area (Å²) >= 11 is 0. The Hall–Kier alpha value is -2.77. The lowest BCUT2D eigenvalue weighted by Gasteiger charge is -2.02. The Morgan fingerprint density at radius 3 is 3.09 bits per heavy atom. The Labute approximate surface area is 126 Å². The van der Waals surface area contributed by atoms with Gasteiger partial charge in [0.2, 0.25) is 11.8 Å². The number of hydrogen-bond acceptors (Lipinski definition) is 6. The standard InChI is InChI=1S/C14H16N6O2/c1-10-4-2-5-11-14(10)17-13(22-11)8-15-12(21)6-3-7-20-9-16-18-19-20/h2,4-5,9H,3,6-8H2,1H3,(H,15,21). The van der Waals surface area contributed by atoms with Crippen LogP contribution < -0.4 is 5.32 Å². The second kappa shape index (κ2) is 6.33. The molecule has 0 spiro atoms. The van der Waals surface area contributed by atoms with E-state index in [1.165, 1.54) is 6.33 Å². The van der Waals surface area contributed by atoms with Crippen molar-refractivity contribution in [2.45, 2.75) is 32.9 Å². The number of nitrogens with one attached hydrogen (secondary N) is 1. The van der Waals surface area contributed by atoms with E-state index in [0.29, 0.717) is 25.3 Å². The fourth-order valence-corrected chi connectivity index (χ4v) is 2.15. The minimum absolute atomic E-state index is 0.0490. The van der Waals surface area contributed by atoms with E-state index in [2.05, 4.69) is 25.8 Å². The topological polar surface area (TPSA) is 98.7 Å². The van der Waals surface area contributed by atoms with Gasteiger partial charge in [-0.25, -0.2) is 9.67 Å². The van der Waals surface area contributed by atoms with Crippen LogP contribution in [0.4, 0.5) is 0 Å². The van der Waals surface area contributed by atoms with Gasteiger partial charge >= 0.3 is 0 Å². The maximum absolute atomic E-state index is 11.8. The second-order valence-electron chi connectivity index (χ2n) is 4.98. The minimum atomic E-state index is -0.0490. The summed E-state index contributed by atoms with van der Waals surface area (Å²) in [6, 6.07) is 5.77. The third kappa shape index (κ3) is 3.27. The molecule has 2 aromatic heterocycles. The molecule has 0 aliphatic carbocycles. The molecule has 1 amide bonds. The van der Waals surface area contributed by atoms with Gasteiger partial charge in [-0.3, -0.25) is 4.79 Å². The van der Waals surface area contributed by atoms with Crippen LogP contribution in [0, 0.1) is 6.92 Å². The van der Waals surface area contributed by atoms with E-state index < -0.39 is 0 Å². The van der Waals surface area contributed by atoms with Crippen molar-refractivity contribution in [1.29, 1.82) is 0 Å². The van der Waals surface area contributed by atoms with Crippen molar-refractivity contribution in [2.24, 2.45) is 0 Å². The predicted molar refractivity (Wildman–Crippen MR) is 77.6 cm³/mol. The first kappa shape index (κ1) is 14.2. The van der Waals surface area contributed by atoms with Crippen LogP contribution in [0.1, 0.15) is 24.3 Å². The maximum Gasteiger partial charge on any atom is 0.220 e. The van der Waals surface area contributed by atoms with Crippen LogP contribution in [-0.2, 0) is 17.9 Å². The summed E-state index contributed by atoms with van der Waals surface area (Å²) in [5.74, 6) is 0.463. The van der Waals surface area contributed by atoms with Crippen LogP contribution in [0.5, 0.6) is 0 Å². The molecule has 1 aromatic carbocycles. The van der Waals surface area contributed by atoms with E-state index in [0.717, 1.165) is 16.7 Å². The van der Waals surface area contributed by atoms with Gasteiger partial charge in [0, 0.05) is 13.0 Å². The van der Waals surface area contributed by atoms with Crippen LogP contribution in [0.15, 0.2) is 28.9 Å². The number of amides is 1. The third-order valence-corrected chi connectivity index (χ3v) is 3.28. The average Bonchev–Trinajstić information content (AvgIpc) is 3.15. The first-order valence-corrected chi connectivity index (χ1v) is 7.05. The molecule has 0 radical (unpaired) electrons. The highest BCUT2D eigenvalue weighted by molar-refractivity contribution is 5.77. The summed E-state index contributed by atoms with van der Waals surface area (Å²) in [4.78, 5) is 16.2. The van der Waals surface area contributed by atoms with Gasteiger partial charge in [0.05, 0.1) is 6.54 Å².